The lowest BCUT2D eigenvalue weighted by Crippen LogP contribution is -2.20. The van der Waals surface area contributed by atoms with E-state index in [0.29, 0.717) is 0 Å². The molecule has 0 aromatic heterocycles. The third-order valence-corrected chi connectivity index (χ3v) is 3.84. The van der Waals surface area contributed by atoms with Crippen LogP contribution in [0.15, 0.2) is 30.3 Å². The number of hydrogen-bond acceptors (Lipinski definition) is 1. The van der Waals surface area contributed by atoms with Crippen LogP contribution in [0.3, 0.4) is 0 Å². The van der Waals surface area contributed by atoms with Crippen molar-refractivity contribution in [1.82, 2.24) is 0 Å². The van der Waals surface area contributed by atoms with Crippen molar-refractivity contribution in [2.24, 2.45) is 17.8 Å². The van der Waals surface area contributed by atoms with Gasteiger partial charge >= 0.3 is 0 Å². The maximum atomic E-state index is 3.52. The summed E-state index contributed by atoms with van der Waals surface area (Å²) < 4.78 is 0. The van der Waals surface area contributed by atoms with Crippen molar-refractivity contribution in [3.8, 4) is 0 Å². The molecule has 1 aromatic carbocycles. The molecule has 0 spiro atoms. The Bertz CT molecular complexity index is 294. The van der Waals surface area contributed by atoms with Gasteiger partial charge < -0.3 is 5.32 Å². The van der Waals surface area contributed by atoms with Gasteiger partial charge in [-0.3, -0.25) is 0 Å². The summed E-state index contributed by atoms with van der Waals surface area (Å²) in [7, 11) is 0. The first-order valence-electron chi connectivity index (χ1n) is 6.92. The highest BCUT2D eigenvalue weighted by atomic mass is 14.9. The molecule has 1 heteroatoms. The second kappa shape index (κ2) is 7.37. The lowest BCUT2D eigenvalue weighted by atomic mass is 9.86. The molecule has 0 radical (unpaired) electrons. The SMILES string of the molecule is CCC(C)CC(C)C(C)CNc1ccccc1. The molecule has 0 amide bonds. The first-order valence-corrected chi connectivity index (χ1v) is 6.92. The molecular formula is C16H27N. The Hall–Kier alpha value is -0.980. The zero-order valence-electron chi connectivity index (χ0n) is 11.7. The predicted molar refractivity (Wildman–Crippen MR) is 77.3 cm³/mol. The first-order chi connectivity index (χ1) is 8.13. The van der Waals surface area contributed by atoms with Gasteiger partial charge in [-0.25, -0.2) is 0 Å². The third kappa shape index (κ3) is 5.25. The number of para-hydroxylation sites is 1. The van der Waals surface area contributed by atoms with Crippen molar-refractivity contribution < 1.29 is 0 Å². The van der Waals surface area contributed by atoms with Crippen LogP contribution in [0.1, 0.15) is 40.5 Å². The van der Waals surface area contributed by atoms with Crippen LogP contribution in [0.25, 0.3) is 0 Å². The molecule has 1 aromatic rings. The summed E-state index contributed by atoms with van der Waals surface area (Å²) in [5.41, 5.74) is 1.23. The minimum atomic E-state index is 0.726. The van der Waals surface area contributed by atoms with E-state index in [-0.39, 0.29) is 0 Å². The van der Waals surface area contributed by atoms with Gasteiger partial charge in [-0.2, -0.15) is 0 Å². The Balaban J connectivity index is 2.31. The summed E-state index contributed by atoms with van der Waals surface area (Å²) in [4.78, 5) is 0. The summed E-state index contributed by atoms with van der Waals surface area (Å²) in [6.45, 7) is 10.4. The molecule has 0 aliphatic heterocycles. The van der Waals surface area contributed by atoms with E-state index in [4.69, 9.17) is 0 Å². The molecule has 3 unspecified atom stereocenters. The van der Waals surface area contributed by atoms with Crippen molar-refractivity contribution in [2.45, 2.75) is 40.5 Å². The fourth-order valence-electron chi connectivity index (χ4n) is 2.07. The molecule has 0 saturated carbocycles. The Morgan fingerprint density at radius 3 is 2.24 bits per heavy atom. The van der Waals surface area contributed by atoms with Crippen molar-refractivity contribution >= 4 is 5.69 Å². The van der Waals surface area contributed by atoms with Gasteiger partial charge in [0.2, 0.25) is 0 Å². The minimum absolute atomic E-state index is 0.726. The van der Waals surface area contributed by atoms with Crippen molar-refractivity contribution in [2.75, 3.05) is 11.9 Å². The zero-order valence-corrected chi connectivity index (χ0v) is 11.7. The van der Waals surface area contributed by atoms with Gasteiger partial charge in [-0.1, -0.05) is 52.3 Å². The van der Waals surface area contributed by atoms with E-state index in [1.165, 1.54) is 18.5 Å². The maximum Gasteiger partial charge on any atom is 0.0340 e. The maximum absolute atomic E-state index is 3.52. The molecule has 3 atom stereocenters. The number of rotatable bonds is 7. The summed E-state index contributed by atoms with van der Waals surface area (Å²) in [5.74, 6) is 2.37. The van der Waals surface area contributed by atoms with Gasteiger partial charge in [0.1, 0.15) is 0 Å². The van der Waals surface area contributed by atoms with Crippen LogP contribution in [0.5, 0.6) is 0 Å². The van der Waals surface area contributed by atoms with E-state index in [1.54, 1.807) is 0 Å². The van der Waals surface area contributed by atoms with Crippen LogP contribution in [-0.2, 0) is 0 Å². The molecule has 0 aliphatic carbocycles. The number of nitrogens with one attached hydrogen (secondary N) is 1. The lowest BCUT2D eigenvalue weighted by molar-refractivity contribution is 0.319. The molecule has 17 heavy (non-hydrogen) atoms. The molecule has 1 N–H and O–H groups in total. The molecule has 0 fully saturated rings. The molecule has 0 heterocycles. The quantitative estimate of drug-likeness (QED) is 0.713. The van der Waals surface area contributed by atoms with E-state index >= 15 is 0 Å². The Kier molecular flexibility index (Phi) is 6.10. The van der Waals surface area contributed by atoms with Crippen molar-refractivity contribution in [3.63, 3.8) is 0 Å². The normalized spacial score (nSPS) is 16.2. The second-order valence-corrected chi connectivity index (χ2v) is 5.45. The molecule has 1 nitrogen and oxygen atoms in total. The monoisotopic (exact) mass is 233 g/mol. The van der Waals surface area contributed by atoms with Crippen LogP contribution in [0.2, 0.25) is 0 Å². The fourth-order valence-corrected chi connectivity index (χ4v) is 2.07. The van der Waals surface area contributed by atoms with Crippen molar-refractivity contribution in [1.29, 1.82) is 0 Å². The van der Waals surface area contributed by atoms with Gasteiger partial charge in [0.15, 0.2) is 0 Å². The minimum Gasteiger partial charge on any atom is -0.385 e. The molecular weight excluding hydrogens is 206 g/mol. The summed E-state index contributed by atoms with van der Waals surface area (Å²) in [5, 5.41) is 3.52. The van der Waals surface area contributed by atoms with Crippen LogP contribution in [0, 0.1) is 17.8 Å². The topological polar surface area (TPSA) is 12.0 Å². The van der Waals surface area contributed by atoms with Crippen molar-refractivity contribution in [3.05, 3.63) is 30.3 Å². The van der Waals surface area contributed by atoms with Gasteiger partial charge in [0.05, 0.1) is 0 Å². The number of hydrogen-bond donors (Lipinski definition) is 1. The summed E-state index contributed by atoms with van der Waals surface area (Å²) in [6.07, 6.45) is 2.64. The molecule has 1 rings (SSSR count). The summed E-state index contributed by atoms with van der Waals surface area (Å²) in [6, 6.07) is 10.5. The smallest absolute Gasteiger partial charge is 0.0340 e. The molecule has 0 bridgehead atoms. The molecule has 96 valence electrons. The Morgan fingerprint density at radius 1 is 1.00 bits per heavy atom. The lowest BCUT2D eigenvalue weighted by Gasteiger charge is -2.23. The summed E-state index contributed by atoms with van der Waals surface area (Å²) >= 11 is 0. The van der Waals surface area contributed by atoms with E-state index in [2.05, 4.69) is 63.3 Å². The average Bonchev–Trinajstić information content (AvgIpc) is 2.36. The van der Waals surface area contributed by atoms with E-state index < -0.39 is 0 Å². The van der Waals surface area contributed by atoms with Crippen LogP contribution in [-0.4, -0.2) is 6.54 Å². The highest BCUT2D eigenvalue weighted by Gasteiger charge is 2.14. The largest absolute Gasteiger partial charge is 0.385 e. The van der Waals surface area contributed by atoms with Gasteiger partial charge in [0, 0.05) is 12.2 Å². The Morgan fingerprint density at radius 2 is 1.65 bits per heavy atom. The highest BCUT2D eigenvalue weighted by molar-refractivity contribution is 5.42. The molecule has 0 aliphatic rings. The average molecular weight is 233 g/mol. The van der Waals surface area contributed by atoms with E-state index in [0.717, 1.165) is 24.3 Å². The predicted octanol–water partition coefficient (Wildman–Crippen LogP) is 4.81. The molecule has 0 saturated heterocycles. The van der Waals surface area contributed by atoms with E-state index in [1.807, 2.05) is 0 Å². The van der Waals surface area contributed by atoms with Gasteiger partial charge in [-0.05, 0) is 36.3 Å². The Labute approximate surface area is 107 Å². The number of benzene rings is 1. The van der Waals surface area contributed by atoms with Crippen LogP contribution >= 0.6 is 0 Å². The standard InChI is InChI=1S/C16H27N/c1-5-13(2)11-14(3)15(4)12-17-16-9-7-6-8-10-16/h6-10,13-15,17H,5,11-12H2,1-4H3. The van der Waals surface area contributed by atoms with Gasteiger partial charge in [0.25, 0.3) is 0 Å². The van der Waals surface area contributed by atoms with E-state index in [9.17, 15) is 0 Å². The first kappa shape index (κ1) is 14.1. The zero-order chi connectivity index (χ0) is 12.7. The highest BCUT2D eigenvalue weighted by Crippen LogP contribution is 2.22. The number of anilines is 1. The van der Waals surface area contributed by atoms with Gasteiger partial charge in [-0.15, -0.1) is 0 Å². The third-order valence-electron chi connectivity index (χ3n) is 3.84. The second-order valence-electron chi connectivity index (χ2n) is 5.45. The van der Waals surface area contributed by atoms with Crippen LogP contribution in [0.4, 0.5) is 5.69 Å². The van der Waals surface area contributed by atoms with Crippen LogP contribution < -0.4 is 5.32 Å². The fraction of sp³-hybridized carbons (Fsp3) is 0.625.